The van der Waals surface area contributed by atoms with Crippen molar-refractivity contribution in [3.8, 4) is 17.2 Å². The first-order chi connectivity index (χ1) is 22.5. The molecule has 0 bridgehead atoms. The van der Waals surface area contributed by atoms with Crippen LogP contribution in [0.1, 0.15) is 36.6 Å². The van der Waals surface area contributed by atoms with Crippen LogP contribution in [0.3, 0.4) is 0 Å². The number of non-ortho nitro benzene ring substituents is 1. The Morgan fingerprint density at radius 3 is 2.68 bits per heavy atom. The van der Waals surface area contributed by atoms with Gasteiger partial charge in [-0.2, -0.15) is 5.10 Å². The molecular formula is C31H31BrIN5O9. The number of aliphatic hydroxyl groups is 1. The van der Waals surface area contributed by atoms with Gasteiger partial charge in [0.15, 0.2) is 17.7 Å². The zero-order valence-electron chi connectivity index (χ0n) is 25.4. The zero-order valence-corrected chi connectivity index (χ0v) is 29.2. The fraction of sp³-hybridized carbons (Fsp3) is 0.258. The highest BCUT2D eigenvalue weighted by atomic mass is 127. The van der Waals surface area contributed by atoms with E-state index in [4.69, 9.17) is 18.9 Å². The highest BCUT2D eigenvalue weighted by Crippen LogP contribution is 2.35. The molecule has 0 fully saturated rings. The smallest absolute Gasteiger partial charge is 0.337 e. The molecule has 1 heterocycles. The lowest BCUT2D eigenvalue weighted by Crippen LogP contribution is -2.45. The number of benzene rings is 3. The summed E-state index contributed by atoms with van der Waals surface area (Å²) in [5, 5.41) is 30.9. The van der Waals surface area contributed by atoms with Crippen LogP contribution in [0, 0.1) is 13.7 Å². The fourth-order valence-electron chi connectivity index (χ4n) is 4.53. The highest BCUT2D eigenvalue weighted by molar-refractivity contribution is 14.1. The SMILES string of the molecule is CCOc1cc([C@H]2NC(=O)NC(C)=C2C(=O)OC)ccc1OC[C@@H](O)N/N=C\c1cc(Br)c(OCc2cccc([N+](=O)[O-])c2)c(I)c1. The maximum atomic E-state index is 12.5. The first-order valence-electron chi connectivity index (χ1n) is 14.1. The largest absolute Gasteiger partial charge is 0.490 e. The average molecular weight is 824 g/mol. The number of halogens is 2. The minimum Gasteiger partial charge on any atom is -0.490 e. The van der Waals surface area contributed by atoms with E-state index in [2.05, 4.69) is 59.7 Å². The maximum Gasteiger partial charge on any atom is 0.337 e. The minimum absolute atomic E-state index is 0.00802. The molecule has 1 aliphatic heterocycles. The lowest BCUT2D eigenvalue weighted by atomic mass is 9.95. The molecule has 3 aromatic rings. The monoisotopic (exact) mass is 823 g/mol. The van der Waals surface area contributed by atoms with E-state index in [1.165, 1.54) is 25.5 Å². The van der Waals surface area contributed by atoms with E-state index in [1.54, 1.807) is 50.2 Å². The molecule has 0 spiro atoms. The van der Waals surface area contributed by atoms with Crippen molar-refractivity contribution in [2.45, 2.75) is 32.7 Å². The summed E-state index contributed by atoms with van der Waals surface area (Å²) in [5.41, 5.74) is 5.17. The molecule has 2 amide bonds. The molecule has 0 radical (unpaired) electrons. The van der Waals surface area contributed by atoms with Crippen molar-refractivity contribution >= 4 is 62.4 Å². The Hall–Kier alpha value is -4.42. The van der Waals surface area contributed by atoms with Gasteiger partial charge in [0.2, 0.25) is 0 Å². The molecule has 0 saturated heterocycles. The van der Waals surface area contributed by atoms with Crippen molar-refractivity contribution in [3.63, 3.8) is 0 Å². The van der Waals surface area contributed by atoms with Gasteiger partial charge >= 0.3 is 12.0 Å². The normalized spacial score (nSPS) is 15.0. The number of carbonyl (C=O) groups excluding carboxylic acids is 2. The fourth-order valence-corrected chi connectivity index (χ4v) is 6.30. The molecule has 1 aliphatic rings. The van der Waals surface area contributed by atoms with Gasteiger partial charge in [0.05, 0.1) is 44.5 Å². The number of allylic oxidation sites excluding steroid dienone is 1. The van der Waals surface area contributed by atoms with Crippen LogP contribution in [0.15, 0.2) is 75.4 Å². The minimum atomic E-state index is -1.18. The first-order valence-corrected chi connectivity index (χ1v) is 16.0. The van der Waals surface area contributed by atoms with Gasteiger partial charge in [0.1, 0.15) is 19.0 Å². The third-order valence-corrected chi connectivity index (χ3v) is 8.02. The van der Waals surface area contributed by atoms with Gasteiger partial charge in [0, 0.05) is 17.8 Å². The summed E-state index contributed by atoms with van der Waals surface area (Å²) < 4.78 is 23.8. The third-order valence-electron chi connectivity index (χ3n) is 6.63. The molecule has 16 heteroatoms. The van der Waals surface area contributed by atoms with Gasteiger partial charge < -0.3 is 34.7 Å². The van der Waals surface area contributed by atoms with E-state index >= 15 is 0 Å². The molecule has 0 unspecified atom stereocenters. The van der Waals surface area contributed by atoms with Crippen LogP contribution >= 0.6 is 38.5 Å². The predicted octanol–water partition coefficient (Wildman–Crippen LogP) is 5.06. The number of urea groups is 1. The first kappa shape index (κ1) is 35.4. The lowest BCUT2D eigenvalue weighted by Gasteiger charge is -2.28. The molecule has 4 rings (SSSR count). The van der Waals surface area contributed by atoms with Gasteiger partial charge in [0.25, 0.3) is 5.69 Å². The number of methoxy groups -OCH3 is 1. The van der Waals surface area contributed by atoms with Crippen molar-refractivity contribution < 1.29 is 38.6 Å². The average Bonchev–Trinajstić information content (AvgIpc) is 3.03. The van der Waals surface area contributed by atoms with Crippen LogP contribution < -0.4 is 30.3 Å². The molecule has 4 N–H and O–H groups in total. The van der Waals surface area contributed by atoms with Crippen LogP contribution in [-0.2, 0) is 16.1 Å². The quantitative estimate of drug-likeness (QED) is 0.0428. The van der Waals surface area contributed by atoms with Crippen LogP contribution in [0.4, 0.5) is 10.5 Å². The molecule has 2 atom stereocenters. The second-order valence-corrected chi connectivity index (χ2v) is 12.0. The molecular weight excluding hydrogens is 793 g/mol. The van der Waals surface area contributed by atoms with E-state index in [9.17, 15) is 24.8 Å². The zero-order chi connectivity index (χ0) is 34.1. The second-order valence-electron chi connectivity index (χ2n) is 9.94. The summed E-state index contributed by atoms with van der Waals surface area (Å²) in [4.78, 5) is 35.2. The van der Waals surface area contributed by atoms with Crippen LogP contribution in [0.25, 0.3) is 0 Å². The second kappa shape index (κ2) is 16.4. The summed E-state index contributed by atoms with van der Waals surface area (Å²) in [5.74, 6) is 0.669. The van der Waals surface area contributed by atoms with Crippen LogP contribution in [-0.4, -0.2) is 54.8 Å². The Kier molecular flexibility index (Phi) is 12.4. The lowest BCUT2D eigenvalue weighted by molar-refractivity contribution is -0.384. The number of nitro groups is 1. The van der Waals surface area contributed by atoms with Crippen molar-refractivity contribution in [2.24, 2.45) is 5.10 Å². The Balaban J connectivity index is 1.37. The number of hydrazone groups is 1. The summed E-state index contributed by atoms with van der Waals surface area (Å²) >= 11 is 5.62. The van der Waals surface area contributed by atoms with E-state index in [1.807, 2.05) is 6.07 Å². The van der Waals surface area contributed by atoms with Crippen molar-refractivity contribution in [3.05, 3.63) is 101 Å². The molecule has 0 aromatic heterocycles. The van der Waals surface area contributed by atoms with Crippen LogP contribution in [0.5, 0.6) is 17.2 Å². The van der Waals surface area contributed by atoms with E-state index in [-0.39, 0.29) is 24.5 Å². The van der Waals surface area contributed by atoms with Crippen molar-refractivity contribution in [1.82, 2.24) is 16.1 Å². The van der Waals surface area contributed by atoms with Gasteiger partial charge in [-0.05, 0) is 93.3 Å². The van der Waals surface area contributed by atoms with Crippen molar-refractivity contribution in [1.29, 1.82) is 0 Å². The Morgan fingerprint density at radius 1 is 1.19 bits per heavy atom. The Morgan fingerprint density at radius 2 is 1.98 bits per heavy atom. The van der Waals surface area contributed by atoms with Gasteiger partial charge in [-0.25, -0.2) is 9.59 Å². The maximum absolute atomic E-state index is 12.5. The molecule has 0 aliphatic carbocycles. The molecule has 47 heavy (non-hydrogen) atoms. The molecule has 248 valence electrons. The number of nitro benzene ring substituents is 1. The number of aliphatic hydroxyl groups excluding tert-OH is 1. The Bertz CT molecular complexity index is 1700. The van der Waals surface area contributed by atoms with E-state index in [0.29, 0.717) is 50.7 Å². The number of esters is 1. The van der Waals surface area contributed by atoms with Crippen LogP contribution in [0.2, 0.25) is 0 Å². The highest BCUT2D eigenvalue weighted by Gasteiger charge is 2.32. The number of amides is 2. The molecule has 0 saturated carbocycles. The number of ether oxygens (including phenoxy) is 4. The van der Waals surface area contributed by atoms with Gasteiger partial charge in [-0.3, -0.25) is 15.5 Å². The standard InChI is InChI=1S/C31H31BrIN5O9/c1-4-45-25-13-20(28-27(30(40)44-3)17(2)35-31(41)36-28)8-9-24(25)46-16-26(39)37-34-14-19-11-22(32)29(23(33)12-19)47-15-18-6-5-7-21(10-18)38(42)43/h5-14,26,28,37,39H,4,15-16H2,1-3H3,(H2,35,36,41)/b34-14-/t26-,28-/m1/s1. The molecule has 3 aromatic carbocycles. The number of hydrogen-bond donors (Lipinski definition) is 4. The van der Waals surface area contributed by atoms with E-state index in [0.717, 1.165) is 3.57 Å². The number of nitrogens with one attached hydrogen (secondary N) is 3. The summed E-state index contributed by atoms with van der Waals surface area (Å²) in [6.45, 7) is 3.69. The number of hydrogen-bond acceptors (Lipinski definition) is 11. The summed E-state index contributed by atoms with van der Waals surface area (Å²) in [6.07, 6.45) is 0.337. The summed E-state index contributed by atoms with van der Waals surface area (Å²) in [6, 6.07) is 13.6. The molecule has 14 nitrogen and oxygen atoms in total. The van der Waals surface area contributed by atoms with Gasteiger partial charge in [-0.15, -0.1) is 0 Å². The third kappa shape index (κ3) is 9.32. The number of rotatable bonds is 14. The number of nitrogens with zero attached hydrogens (tertiary/aromatic N) is 2. The van der Waals surface area contributed by atoms with Crippen molar-refractivity contribution in [2.75, 3.05) is 20.3 Å². The van der Waals surface area contributed by atoms with E-state index < -0.39 is 29.2 Å². The van der Waals surface area contributed by atoms with Gasteiger partial charge in [-0.1, -0.05) is 18.2 Å². The summed E-state index contributed by atoms with van der Waals surface area (Å²) in [7, 11) is 1.26. The predicted molar refractivity (Wildman–Crippen MR) is 183 cm³/mol. The topological polar surface area (TPSA) is 183 Å². The number of carbonyl (C=O) groups is 2. The Labute approximate surface area is 291 Å².